The van der Waals surface area contributed by atoms with E-state index in [1.165, 1.54) is 11.3 Å². The molecule has 4 aromatic rings. The number of benzene rings is 1. The number of imidazole rings is 1. The number of anilines is 1. The van der Waals surface area contributed by atoms with Gasteiger partial charge >= 0.3 is 0 Å². The quantitative estimate of drug-likeness (QED) is 0.534. The second-order valence-corrected chi connectivity index (χ2v) is 8.14. The number of aryl methyl sites for hydroxylation is 2. The molecular formula is C17H14ClN5OS2. The lowest BCUT2D eigenvalue weighted by Gasteiger charge is -2.01. The highest BCUT2D eigenvalue weighted by Crippen LogP contribution is 2.25. The maximum Gasteiger partial charge on any atom is 0.226 e. The Bertz CT molecular complexity index is 1070. The average molecular weight is 404 g/mol. The zero-order valence-electron chi connectivity index (χ0n) is 13.8. The molecule has 26 heavy (non-hydrogen) atoms. The SMILES string of the molecule is Cc1nnc(NC(=O)CCc2csc3nc(-c4ccc(Cl)cc4)cn23)s1. The van der Waals surface area contributed by atoms with Crippen LogP contribution in [0.5, 0.6) is 0 Å². The number of halogens is 1. The Hall–Kier alpha value is -2.29. The van der Waals surface area contributed by atoms with Crippen molar-refractivity contribution in [2.45, 2.75) is 19.8 Å². The van der Waals surface area contributed by atoms with Gasteiger partial charge in [-0.25, -0.2) is 4.98 Å². The van der Waals surface area contributed by atoms with E-state index in [1.807, 2.05) is 47.2 Å². The van der Waals surface area contributed by atoms with E-state index in [0.29, 0.717) is 23.0 Å². The molecule has 132 valence electrons. The molecule has 1 aromatic carbocycles. The third-order valence-corrected chi connectivity index (χ3v) is 5.70. The second kappa shape index (κ2) is 7.14. The van der Waals surface area contributed by atoms with E-state index < -0.39 is 0 Å². The van der Waals surface area contributed by atoms with Crippen LogP contribution in [0.3, 0.4) is 0 Å². The number of aromatic nitrogens is 4. The molecule has 3 heterocycles. The first-order valence-corrected chi connectivity index (χ1v) is 9.97. The highest BCUT2D eigenvalue weighted by atomic mass is 35.5. The monoisotopic (exact) mass is 403 g/mol. The van der Waals surface area contributed by atoms with Crippen LogP contribution < -0.4 is 5.32 Å². The molecule has 1 N–H and O–H groups in total. The van der Waals surface area contributed by atoms with Crippen molar-refractivity contribution in [3.8, 4) is 11.3 Å². The molecule has 3 aromatic heterocycles. The van der Waals surface area contributed by atoms with E-state index in [4.69, 9.17) is 11.6 Å². The molecule has 4 rings (SSSR count). The first-order valence-electron chi connectivity index (χ1n) is 7.90. The number of thiazole rings is 1. The smallest absolute Gasteiger partial charge is 0.226 e. The van der Waals surface area contributed by atoms with E-state index in [0.717, 1.165) is 26.9 Å². The van der Waals surface area contributed by atoms with Gasteiger partial charge in [0, 0.05) is 34.3 Å². The summed E-state index contributed by atoms with van der Waals surface area (Å²) in [4.78, 5) is 17.7. The minimum Gasteiger partial charge on any atom is -0.301 e. The number of rotatable bonds is 5. The number of fused-ring (bicyclic) bond motifs is 1. The summed E-state index contributed by atoms with van der Waals surface area (Å²) in [6, 6.07) is 7.60. The van der Waals surface area contributed by atoms with Crippen LogP contribution in [0, 0.1) is 6.92 Å². The first-order chi connectivity index (χ1) is 12.6. The summed E-state index contributed by atoms with van der Waals surface area (Å²) >= 11 is 8.88. The molecule has 0 unspecified atom stereocenters. The molecule has 0 aliphatic heterocycles. The van der Waals surface area contributed by atoms with Crippen molar-refractivity contribution in [1.82, 2.24) is 19.6 Å². The van der Waals surface area contributed by atoms with Gasteiger partial charge in [-0.3, -0.25) is 9.20 Å². The molecule has 0 saturated heterocycles. The second-order valence-electron chi connectivity index (χ2n) is 5.69. The van der Waals surface area contributed by atoms with Crippen molar-refractivity contribution in [3.63, 3.8) is 0 Å². The molecule has 0 radical (unpaired) electrons. The average Bonchev–Trinajstić information content (AvgIpc) is 3.30. The van der Waals surface area contributed by atoms with Crippen LogP contribution in [0.1, 0.15) is 17.1 Å². The van der Waals surface area contributed by atoms with Gasteiger partial charge in [0.2, 0.25) is 11.0 Å². The standard InChI is InChI=1S/C17H14ClN5OS2/c1-10-21-22-16(26-10)20-15(24)7-6-13-9-25-17-19-14(8-23(13)17)11-2-4-12(18)5-3-11/h2-5,8-9H,6-7H2,1H3,(H,20,22,24). The fourth-order valence-electron chi connectivity index (χ4n) is 2.54. The Kier molecular flexibility index (Phi) is 4.71. The van der Waals surface area contributed by atoms with E-state index in [2.05, 4.69) is 20.5 Å². The van der Waals surface area contributed by atoms with Gasteiger partial charge in [0.15, 0.2) is 4.96 Å². The van der Waals surface area contributed by atoms with Gasteiger partial charge in [-0.15, -0.1) is 21.5 Å². The highest BCUT2D eigenvalue weighted by molar-refractivity contribution is 7.15. The number of amides is 1. The Morgan fingerprint density at radius 1 is 1.27 bits per heavy atom. The lowest BCUT2D eigenvalue weighted by molar-refractivity contribution is -0.116. The summed E-state index contributed by atoms with van der Waals surface area (Å²) in [6.07, 6.45) is 3.00. The molecule has 9 heteroatoms. The summed E-state index contributed by atoms with van der Waals surface area (Å²) < 4.78 is 2.04. The fraction of sp³-hybridized carbons (Fsp3) is 0.176. The van der Waals surface area contributed by atoms with Gasteiger partial charge in [-0.1, -0.05) is 35.1 Å². The zero-order valence-corrected chi connectivity index (χ0v) is 16.2. The Morgan fingerprint density at radius 2 is 2.08 bits per heavy atom. The van der Waals surface area contributed by atoms with Crippen LogP contribution >= 0.6 is 34.3 Å². The van der Waals surface area contributed by atoms with Gasteiger partial charge < -0.3 is 5.32 Å². The Balaban J connectivity index is 1.46. The predicted molar refractivity (Wildman–Crippen MR) is 105 cm³/mol. The third kappa shape index (κ3) is 3.62. The third-order valence-electron chi connectivity index (χ3n) is 3.80. The van der Waals surface area contributed by atoms with E-state index >= 15 is 0 Å². The van der Waals surface area contributed by atoms with E-state index in [9.17, 15) is 4.79 Å². The van der Waals surface area contributed by atoms with Crippen LogP contribution in [-0.2, 0) is 11.2 Å². The Morgan fingerprint density at radius 3 is 2.81 bits per heavy atom. The minimum atomic E-state index is -0.0708. The first kappa shape index (κ1) is 17.1. The van der Waals surface area contributed by atoms with E-state index in [-0.39, 0.29) is 5.91 Å². The van der Waals surface area contributed by atoms with Crippen molar-refractivity contribution >= 4 is 50.3 Å². The molecule has 1 amide bonds. The molecule has 0 aliphatic rings. The molecule has 6 nitrogen and oxygen atoms in total. The lowest BCUT2D eigenvalue weighted by atomic mass is 10.2. The molecule has 0 bridgehead atoms. The topological polar surface area (TPSA) is 72.2 Å². The fourth-order valence-corrected chi connectivity index (χ4v) is 4.18. The van der Waals surface area contributed by atoms with Gasteiger partial charge in [0.1, 0.15) is 5.01 Å². The largest absolute Gasteiger partial charge is 0.301 e. The van der Waals surface area contributed by atoms with Crippen molar-refractivity contribution in [2.24, 2.45) is 0 Å². The van der Waals surface area contributed by atoms with Crippen LogP contribution in [0.25, 0.3) is 16.2 Å². The lowest BCUT2D eigenvalue weighted by Crippen LogP contribution is -2.12. The normalized spacial score (nSPS) is 11.2. The number of hydrogen-bond donors (Lipinski definition) is 1. The highest BCUT2D eigenvalue weighted by Gasteiger charge is 2.12. The molecule has 0 fully saturated rings. The number of carbonyl (C=O) groups excluding carboxylic acids is 1. The number of nitrogens with zero attached hydrogens (tertiary/aromatic N) is 4. The summed E-state index contributed by atoms with van der Waals surface area (Å²) in [5, 5.41) is 14.7. The van der Waals surface area contributed by atoms with Crippen molar-refractivity contribution in [2.75, 3.05) is 5.32 Å². The van der Waals surface area contributed by atoms with Crippen molar-refractivity contribution in [1.29, 1.82) is 0 Å². The number of nitrogens with one attached hydrogen (secondary N) is 1. The zero-order chi connectivity index (χ0) is 18.1. The summed E-state index contributed by atoms with van der Waals surface area (Å²) in [5.74, 6) is -0.0708. The van der Waals surface area contributed by atoms with Gasteiger partial charge in [-0.2, -0.15) is 0 Å². The maximum atomic E-state index is 12.1. The van der Waals surface area contributed by atoms with Gasteiger partial charge in [0.25, 0.3) is 0 Å². The number of hydrogen-bond acceptors (Lipinski definition) is 6. The van der Waals surface area contributed by atoms with Crippen LogP contribution in [-0.4, -0.2) is 25.5 Å². The van der Waals surface area contributed by atoms with E-state index in [1.54, 1.807) is 11.3 Å². The Labute approximate surface area is 162 Å². The van der Waals surface area contributed by atoms with Gasteiger partial charge in [0.05, 0.1) is 5.69 Å². The van der Waals surface area contributed by atoms with Gasteiger partial charge in [-0.05, 0) is 25.5 Å². The van der Waals surface area contributed by atoms with Crippen LogP contribution in [0.15, 0.2) is 35.8 Å². The van der Waals surface area contributed by atoms with Crippen LogP contribution in [0.2, 0.25) is 5.02 Å². The van der Waals surface area contributed by atoms with Crippen LogP contribution in [0.4, 0.5) is 5.13 Å². The minimum absolute atomic E-state index is 0.0708. The van der Waals surface area contributed by atoms with Crippen molar-refractivity contribution < 1.29 is 4.79 Å². The summed E-state index contributed by atoms with van der Waals surface area (Å²) in [5.41, 5.74) is 2.96. The molecule has 0 spiro atoms. The summed E-state index contributed by atoms with van der Waals surface area (Å²) in [6.45, 7) is 1.85. The maximum absolute atomic E-state index is 12.1. The summed E-state index contributed by atoms with van der Waals surface area (Å²) in [7, 11) is 0. The number of carbonyl (C=O) groups is 1. The molecule has 0 aliphatic carbocycles. The van der Waals surface area contributed by atoms with Crippen molar-refractivity contribution in [3.05, 3.63) is 51.6 Å². The molecular weight excluding hydrogens is 390 g/mol. The molecule has 0 atom stereocenters. The molecule has 0 saturated carbocycles. The predicted octanol–water partition coefficient (Wildman–Crippen LogP) is 4.45.